The van der Waals surface area contributed by atoms with Crippen molar-refractivity contribution in [2.24, 2.45) is 0 Å². The zero-order valence-electron chi connectivity index (χ0n) is 16.3. The van der Waals surface area contributed by atoms with Crippen LogP contribution in [0.2, 0.25) is 0 Å². The van der Waals surface area contributed by atoms with E-state index in [4.69, 9.17) is 9.26 Å². The molecule has 1 unspecified atom stereocenters. The molecule has 7 nitrogen and oxygen atoms in total. The number of carbonyl (C=O) groups is 2. The Kier molecular flexibility index (Phi) is 9.06. The molecule has 0 aliphatic rings. The number of rotatable bonds is 11. The molecule has 0 radical (unpaired) electrons. The van der Waals surface area contributed by atoms with Crippen LogP contribution in [0, 0.1) is 0 Å². The molecule has 0 saturated heterocycles. The number of ketones is 1. The summed E-state index contributed by atoms with van der Waals surface area (Å²) in [6.45, 7) is 1.69. The van der Waals surface area contributed by atoms with Gasteiger partial charge >= 0.3 is 13.7 Å². The maximum atomic E-state index is 12.1. The molecule has 2 aromatic carbocycles. The largest absolute Gasteiger partial charge is 0.445 e. The van der Waals surface area contributed by atoms with Crippen LogP contribution in [0.5, 0.6) is 0 Å². The third-order valence-electron chi connectivity index (χ3n) is 4.20. The second-order valence-corrected chi connectivity index (χ2v) is 8.55. The van der Waals surface area contributed by atoms with E-state index in [1.54, 1.807) is 0 Å². The number of benzene rings is 2. The van der Waals surface area contributed by atoms with Gasteiger partial charge in [-0.15, -0.1) is 0 Å². The summed E-state index contributed by atoms with van der Waals surface area (Å²) < 4.78 is 22.2. The summed E-state index contributed by atoms with van der Waals surface area (Å²) in [6, 6.07) is 17.8. The lowest BCUT2D eigenvalue weighted by Crippen LogP contribution is -2.39. The molecule has 8 heteroatoms. The van der Waals surface area contributed by atoms with E-state index >= 15 is 0 Å². The van der Waals surface area contributed by atoms with Crippen molar-refractivity contribution in [1.82, 2.24) is 5.32 Å². The van der Waals surface area contributed by atoms with E-state index in [0.717, 1.165) is 11.1 Å². The molecule has 156 valence electrons. The van der Waals surface area contributed by atoms with Gasteiger partial charge in [0.25, 0.3) is 0 Å². The summed E-state index contributed by atoms with van der Waals surface area (Å²) in [4.78, 5) is 33.8. The van der Waals surface area contributed by atoms with E-state index in [1.807, 2.05) is 60.7 Å². The van der Waals surface area contributed by atoms with Crippen molar-refractivity contribution in [3.63, 3.8) is 0 Å². The monoisotopic (exact) mass is 419 g/mol. The van der Waals surface area contributed by atoms with Crippen LogP contribution in [0.25, 0.3) is 0 Å². The van der Waals surface area contributed by atoms with Crippen LogP contribution in [0.1, 0.15) is 24.5 Å². The van der Waals surface area contributed by atoms with Crippen LogP contribution < -0.4 is 5.32 Å². The SMILES string of the molecule is C[C@@H](NC(=O)OCc1ccccc1)C(=O)CCP(=O)(O)OCCc1ccccc1. The molecule has 0 heterocycles. The van der Waals surface area contributed by atoms with Gasteiger partial charge in [-0.3, -0.25) is 9.36 Å². The average Bonchev–Trinajstić information content (AvgIpc) is 2.72. The first kappa shape index (κ1) is 22.8. The molecule has 0 aliphatic heterocycles. The van der Waals surface area contributed by atoms with Gasteiger partial charge in [0.2, 0.25) is 0 Å². The Morgan fingerprint density at radius 1 is 1.03 bits per heavy atom. The first-order chi connectivity index (χ1) is 13.9. The van der Waals surface area contributed by atoms with Crippen molar-refractivity contribution in [1.29, 1.82) is 0 Å². The number of ether oxygens (including phenoxy) is 1. The number of alkyl carbamates (subject to hydrolysis) is 1. The summed E-state index contributed by atoms with van der Waals surface area (Å²) in [6.07, 6.45) is -0.698. The zero-order valence-corrected chi connectivity index (χ0v) is 17.2. The van der Waals surface area contributed by atoms with Crippen LogP contribution in [-0.2, 0) is 31.6 Å². The van der Waals surface area contributed by atoms with Crippen LogP contribution in [-0.4, -0.2) is 35.6 Å². The lowest BCUT2D eigenvalue weighted by molar-refractivity contribution is -0.120. The summed E-state index contributed by atoms with van der Waals surface area (Å²) in [5, 5.41) is 2.43. The van der Waals surface area contributed by atoms with Crippen LogP contribution >= 0.6 is 7.60 Å². The Balaban J connectivity index is 1.66. The van der Waals surface area contributed by atoms with Crippen molar-refractivity contribution in [3.05, 3.63) is 71.8 Å². The maximum Gasteiger partial charge on any atom is 0.408 e. The van der Waals surface area contributed by atoms with Gasteiger partial charge in [0, 0.05) is 6.42 Å². The molecule has 0 aliphatic carbocycles. The molecule has 2 aromatic rings. The number of hydrogen-bond acceptors (Lipinski definition) is 5. The summed E-state index contributed by atoms with van der Waals surface area (Å²) in [5.74, 6) is -0.373. The van der Waals surface area contributed by atoms with Crippen molar-refractivity contribution in [2.75, 3.05) is 12.8 Å². The standard InChI is InChI=1S/C21H26NO6P/c1-17(22-21(24)27-16-19-10-6-3-7-11-19)20(23)13-15-29(25,26)28-14-12-18-8-4-2-5-9-18/h2-11,17H,12-16H2,1H3,(H,22,24)(H,25,26)/t17-/m1/s1. The Morgan fingerprint density at radius 3 is 2.24 bits per heavy atom. The first-order valence-electron chi connectivity index (χ1n) is 9.36. The number of Topliss-reactive ketones (excluding diaryl/α,β-unsaturated/α-hetero) is 1. The number of hydrogen-bond donors (Lipinski definition) is 2. The minimum Gasteiger partial charge on any atom is -0.445 e. The van der Waals surface area contributed by atoms with E-state index in [1.165, 1.54) is 6.92 Å². The third-order valence-corrected chi connectivity index (χ3v) is 5.57. The number of nitrogens with one attached hydrogen (secondary N) is 1. The topological polar surface area (TPSA) is 102 Å². The van der Waals surface area contributed by atoms with Gasteiger partial charge in [-0.05, 0) is 24.5 Å². The highest BCUT2D eigenvalue weighted by atomic mass is 31.2. The van der Waals surface area contributed by atoms with E-state index in [0.29, 0.717) is 6.42 Å². The van der Waals surface area contributed by atoms with Crippen molar-refractivity contribution < 1.29 is 28.3 Å². The van der Waals surface area contributed by atoms with Crippen molar-refractivity contribution in [2.45, 2.75) is 32.4 Å². The molecular formula is C21H26NO6P. The lowest BCUT2D eigenvalue weighted by Gasteiger charge is -2.15. The van der Waals surface area contributed by atoms with Crippen LogP contribution in [0.4, 0.5) is 4.79 Å². The van der Waals surface area contributed by atoms with Crippen molar-refractivity contribution >= 4 is 19.5 Å². The van der Waals surface area contributed by atoms with Gasteiger partial charge in [0.05, 0.1) is 18.8 Å². The van der Waals surface area contributed by atoms with Gasteiger partial charge in [-0.1, -0.05) is 60.7 Å². The normalized spacial score (nSPS) is 13.9. The van der Waals surface area contributed by atoms with E-state index < -0.39 is 19.7 Å². The molecule has 1 amide bonds. The fourth-order valence-corrected chi connectivity index (χ4v) is 3.51. The van der Waals surface area contributed by atoms with E-state index in [9.17, 15) is 19.0 Å². The Hall–Kier alpha value is -2.47. The molecule has 0 bridgehead atoms. The van der Waals surface area contributed by atoms with Gasteiger partial charge in [0.1, 0.15) is 6.61 Å². The lowest BCUT2D eigenvalue weighted by atomic mass is 10.2. The molecule has 2 N–H and O–H groups in total. The molecule has 29 heavy (non-hydrogen) atoms. The predicted molar refractivity (Wildman–Crippen MR) is 110 cm³/mol. The summed E-state index contributed by atoms with van der Waals surface area (Å²) >= 11 is 0. The third kappa shape index (κ3) is 9.05. The smallest absolute Gasteiger partial charge is 0.408 e. The predicted octanol–water partition coefficient (Wildman–Crippen LogP) is 3.71. The van der Waals surface area contributed by atoms with Gasteiger partial charge in [0.15, 0.2) is 5.78 Å². The Morgan fingerprint density at radius 2 is 1.62 bits per heavy atom. The van der Waals surface area contributed by atoms with Gasteiger partial charge in [-0.25, -0.2) is 4.79 Å². The van der Waals surface area contributed by atoms with Crippen LogP contribution in [0.3, 0.4) is 0 Å². The Bertz CT molecular complexity index is 828. The van der Waals surface area contributed by atoms with Crippen LogP contribution in [0.15, 0.2) is 60.7 Å². The minimum atomic E-state index is -3.87. The molecule has 2 atom stereocenters. The summed E-state index contributed by atoms with van der Waals surface area (Å²) in [7, 11) is -3.87. The van der Waals surface area contributed by atoms with E-state index in [2.05, 4.69) is 5.32 Å². The van der Waals surface area contributed by atoms with E-state index in [-0.39, 0.29) is 31.6 Å². The molecule has 0 saturated carbocycles. The van der Waals surface area contributed by atoms with Crippen molar-refractivity contribution in [3.8, 4) is 0 Å². The highest BCUT2D eigenvalue weighted by Crippen LogP contribution is 2.42. The molecule has 0 fully saturated rings. The molecule has 0 spiro atoms. The average molecular weight is 419 g/mol. The van der Waals surface area contributed by atoms with Gasteiger partial charge in [-0.2, -0.15) is 0 Å². The highest BCUT2D eigenvalue weighted by Gasteiger charge is 2.24. The fraction of sp³-hybridized carbons (Fsp3) is 0.333. The minimum absolute atomic E-state index is 0.0889. The first-order valence-corrected chi connectivity index (χ1v) is 11.1. The number of amides is 1. The van der Waals surface area contributed by atoms with Gasteiger partial charge < -0.3 is 19.5 Å². The molecular weight excluding hydrogens is 393 g/mol. The quantitative estimate of drug-likeness (QED) is 0.539. The summed E-state index contributed by atoms with van der Waals surface area (Å²) in [5.41, 5.74) is 1.82. The number of carbonyl (C=O) groups excluding carboxylic acids is 2. The zero-order chi connectivity index (χ0) is 21.1. The fourth-order valence-electron chi connectivity index (χ4n) is 2.51. The second kappa shape index (κ2) is 11.5. The highest BCUT2D eigenvalue weighted by molar-refractivity contribution is 7.52. The maximum absolute atomic E-state index is 12.1. The Labute approximate surface area is 170 Å². The molecule has 2 rings (SSSR count). The second-order valence-electron chi connectivity index (χ2n) is 6.57. The molecule has 0 aromatic heterocycles.